The minimum atomic E-state index is 0.321. The molecule has 0 radical (unpaired) electrons. The van der Waals surface area contributed by atoms with Crippen LogP contribution in [0.4, 0.5) is 0 Å². The second-order valence-electron chi connectivity index (χ2n) is 6.70. The summed E-state index contributed by atoms with van der Waals surface area (Å²) in [6.07, 6.45) is 6.27. The smallest absolute Gasteiger partial charge is 0.0593 e. The van der Waals surface area contributed by atoms with E-state index in [-0.39, 0.29) is 0 Å². The Morgan fingerprint density at radius 3 is 2.52 bits per heavy atom. The lowest BCUT2D eigenvalue weighted by molar-refractivity contribution is 0.0262. The van der Waals surface area contributed by atoms with Crippen molar-refractivity contribution >= 4 is 0 Å². The molecule has 1 saturated heterocycles. The average Bonchev–Trinajstić information content (AvgIpc) is 3.35. The van der Waals surface area contributed by atoms with Crippen molar-refractivity contribution < 1.29 is 9.47 Å². The first-order chi connectivity index (χ1) is 10.2. The number of hydrogen-bond acceptors (Lipinski definition) is 4. The molecule has 1 unspecified atom stereocenters. The highest BCUT2D eigenvalue weighted by atomic mass is 16.5. The Labute approximate surface area is 130 Å². The van der Waals surface area contributed by atoms with Crippen molar-refractivity contribution in [2.75, 3.05) is 46.6 Å². The van der Waals surface area contributed by atoms with E-state index >= 15 is 0 Å². The largest absolute Gasteiger partial charge is 0.385 e. The van der Waals surface area contributed by atoms with Crippen molar-refractivity contribution in [3.63, 3.8) is 0 Å². The van der Waals surface area contributed by atoms with Crippen LogP contribution < -0.4 is 5.32 Å². The molecule has 2 rings (SSSR count). The summed E-state index contributed by atoms with van der Waals surface area (Å²) in [5, 5.41) is 3.85. The zero-order chi connectivity index (χ0) is 15.1. The van der Waals surface area contributed by atoms with Crippen molar-refractivity contribution in [2.24, 2.45) is 5.92 Å². The van der Waals surface area contributed by atoms with Gasteiger partial charge >= 0.3 is 0 Å². The van der Waals surface area contributed by atoms with Crippen LogP contribution in [-0.4, -0.2) is 63.0 Å². The summed E-state index contributed by atoms with van der Waals surface area (Å²) in [6.45, 7) is 10.5. The number of methoxy groups -OCH3 is 1. The Bertz CT molecular complexity index is 291. The van der Waals surface area contributed by atoms with E-state index in [1.807, 2.05) is 0 Å². The van der Waals surface area contributed by atoms with Crippen LogP contribution in [0.25, 0.3) is 0 Å². The predicted molar refractivity (Wildman–Crippen MR) is 86.7 cm³/mol. The van der Waals surface area contributed by atoms with Crippen LogP contribution in [0.5, 0.6) is 0 Å². The lowest BCUT2D eigenvalue weighted by Gasteiger charge is -2.48. The minimum absolute atomic E-state index is 0.321. The number of nitrogens with zero attached hydrogens (tertiary/aromatic N) is 1. The normalized spacial score (nSPS) is 26.1. The molecule has 2 aliphatic rings. The monoisotopic (exact) mass is 298 g/mol. The summed E-state index contributed by atoms with van der Waals surface area (Å²) in [7, 11) is 1.75. The number of hydrogen-bond donors (Lipinski definition) is 1. The van der Waals surface area contributed by atoms with Crippen LogP contribution in [0.3, 0.4) is 0 Å². The summed E-state index contributed by atoms with van der Waals surface area (Å²) in [4.78, 5) is 2.71. The van der Waals surface area contributed by atoms with Gasteiger partial charge in [-0.05, 0) is 38.0 Å². The molecule has 2 fully saturated rings. The van der Waals surface area contributed by atoms with Crippen LogP contribution >= 0.6 is 0 Å². The van der Waals surface area contributed by atoms with E-state index < -0.39 is 0 Å². The molecule has 124 valence electrons. The molecule has 0 aromatic heterocycles. The van der Waals surface area contributed by atoms with E-state index in [9.17, 15) is 0 Å². The molecule has 0 aromatic rings. The second kappa shape index (κ2) is 8.47. The molecule has 1 aliphatic heterocycles. The van der Waals surface area contributed by atoms with E-state index in [1.54, 1.807) is 7.11 Å². The van der Waals surface area contributed by atoms with Gasteiger partial charge in [0.25, 0.3) is 0 Å². The third-order valence-electron chi connectivity index (χ3n) is 5.34. The summed E-state index contributed by atoms with van der Waals surface area (Å²) in [6, 6.07) is 0.735. The van der Waals surface area contributed by atoms with Gasteiger partial charge in [-0.3, -0.25) is 4.90 Å². The molecular formula is C17H34N2O2. The molecule has 4 nitrogen and oxygen atoms in total. The molecule has 1 N–H and O–H groups in total. The van der Waals surface area contributed by atoms with Crippen molar-refractivity contribution in [1.29, 1.82) is 0 Å². The fourth-order valence-corrected chi connectivity index (χ4v) is 3.52. The topological polar surface area (TPSA) is 33.7 Å². The minimum Gasteiger partial charge on any atom is -0.385 e. The molecule has 1 heterocycles. The van der Waals surface area contributed by atoms with Gasteiger partial charge in [-0.2, -0.15) is 0 Å². The number of ether oxygens (including phenoxy) is 2. The molecule has 1 aliphatic carbocycles. The summed E-state index contributed by atoms with van der Waals surface area (Å²) in [5.41, 5.74) is 0.321. The van der Waals surface area contributed by atoms with Gasteiger partial charge in [0.2, 0.25) is 0 Å². The zero-order valence-electron chi connectivity index (χ0n) is 14.2. The molecule has 1 saturated carbocycles. The van der Waals surface area contributed by atoms with E-state index in [2.05, 4.69) is 24.1 Å². The molecular weight excluding hydrogens is 264 g/mol. The van der Waals surface area contributed by atoms with E-state index in [0.717, 1.165) is 51.3 Å². The van der Waals surface area contributed by atoms with Crippen molar-refractivity contribution in [2.45, 2.75) is 57.5 Å². The van der Waals surface area contributed by atoms with Gasteiger partial charge in [0, 0.05) is 51.5 Å². The van der Waals surface area contributed by atoms with Crippen LogP contribution in [0.2, 0.25) is 0 Å². The first-order valence-corrected chi connectivity index (χ1v) is 8.80. The van der Waals surface area contributed by atoms with Crippen LogP contribution in [0.1, 0.15) is 46.0 Å². The highest BCUT2D eigenvalue weighted by Gasteiger charge is 2.42. The SMILES string of the molecule is CCC1(CC)CN(CCOCCCOC)C(C2CC2)CN1. The Hall–Kier alpha value is -0.160. The Morgan fingerprint density at radius 2 is 1.90 bits per heavy atom. The Balaban J connectivity index is 1.77. The predicted octanol–water partition coefficient (Wildman–Crippen LogP) is 2.28. The lowest BCUT2D eigenvalue weighted by atomic mass is 9.87. The maximum absolute atomic E-state index is 5.78. The standard InChI is InChI=1S/C17H34N2O2/c1-4-17(5-2)14-19(9-12-21-11-6-10-20-3)16(13-18-17)15-7-8-15/h15-16,18H,4-14H2,1-3H3. The second-order valence-corrected chi connectivity index (χ2v) is 6.70. The molecule has 0 bridgehead atoms. The molecule has 1 atom stereocenters. The number of nitrogens with one attached hydrogen (secondary N) is 1. The van der Waals surface area contributed by atoms with E-state index in [0.29, 0.717) is 5.54 Å². The highest BCUT2D eigenvalue weighted by Crippen LogP contribution is 2.38. The van der Waals surface area contributed by atoms with E-state index in [1.165, 1.54) is 32.2 Å². The molecule has 0 spiro atoms. The van der Waals surface area contributed by atoms with E-state index in [4.69, 9.17) is 9.47 Å². The third kappa shape index (κ3) is 4.92. The summed E-state index contributed by atoms with van der Waals surface area (Å²) < 4.78 is 10.8. The molecule has 4 heteroatoms. The van der Waals surface area contributed by atoms with Crippen molar-refractivity contribution in [1.82, 2.24) is 10.2 Å². The summed E-state index contributed by atoms with van der Waals surface area (Å²) in [5.74, 6) is 0.928. The first-order valence-electron chi connectivity index (χ1n) is 8.80. The molecule has 21 heavy (non-hydrogen) atoms. The van der Waals surface area contributed by atoms with Crippen LogP contribution in [0, 0.1) is 5.92 Å². The maximum atomic E-state index is 5.78. The van der Waals surface area contributed by atoms with Gasteiger partial charge in [0.1, 0.15) is 0 Å². The fraction of sp³-hybridized carbons (Fsp3) is 1.00. The van der Waals surface area contributed by atoms with Gasteiger partial charge in [0.05, 0.1) is 6.61 Å². The van der Waals surface area contributed by atoms with Gasteiger partial charge in [-0.25, -0.2) is 0 Å². The lowest BCUT2D eigenvalue weighted by Crippen LogP contribution is -2.64. The van der Waals surface area contributed by atoms with Gasteiger partial charge in [0.15, 0.2) is 0 Å². The maximum Gasteiger partial charge on any atom is 0.0593 e. The quantitative estimate of drug-likeness (QED) is 0.627. The Kier molecular flexibility index (Phi) is 6.93. The van der Waals surface area contributed by atoms with Gasteiger partial charge in [-0.1, -0.05) is 13.8 Å². The highest BCUT2D eigenvalue weighted by molar-refractivity contribution is 5.01. The van der Waals surface area contributed by atoms with Crippen molar-refractivity contribution in [3.05, 3.63) is 0 Å². The van der Waals surface area contributed by atoms with Crippen LogP contribution in [0.15, 0.2) is 0 Å². The van der Waals surface area contributed by atoms with Gasteiger partial charge < -0.3 is 14.8 Å². The first kappa shape index (κ1) is 17.2. The summed E-state index contributed by atoms with van der Waals surface area (Å²) >= 11 is 0. The Morgan fingerprint density at radius 1 is 1.14 bits per heavy atom. The average molecular weight is 298 g/mol. The number of piperazine rings is 1. The number of rotatable bonds is 10. The fourth-order valence-electron chi connectivity index (χ4n) is 3.52. The van der Waals surface area contributed by atoms with Crippen molar-refractivity contribution in [3.8, 4) is 0 Å². The molecule has 0 amide bonds. The van der Waals surface area contributed by atoms with Crippen LogP contribution in [-0.2, 0) is 9.47 Å². The third-order valence-corrected chi connectivity index (χ3v) is 5.34. The molecule has 0 aromatic carbocycles. The zero-order valence-corrected chi connectivity index (χ0v) is 14.2. The van der Waals surface area contributed by atoms with Gasteiger partial charge in [-0.15, -0.1) is 0 Å².